The highest BCUT2D eigenvalue weighted by molar-refractivity contribution is 8.02. The van der Waals surface area contributed by atoms with E-state index in [0.29, 0.717) is 11.0 Å². The predicted octanol–water partition coefficient (Wildman–Crippen LogP) is 2.34. The lowest BCUT2D eigenvalue weighted by atomic mass is 9.96. The van der Waals surface area contributed by atoms with Gasteiger partial charge in [0, 0.05) is 10.8 Å². The van der Waals surface area contributed by atoms with Gasteiger partial charge in [0.1, 0.15) is 0 Å². The second-order valence-electron chi connectivity index (χ2n) is 3.41. The second-order valence-corrected chi connectivity index (χ2v) is 4.96. The van der Waals surface area contributed by atoms with Crippen molar-refractivity contribution in [3.05, 3.63) is 23.3 Å². The number of rotatable bonds is 0. The number of carbonyl (C=O) groups excluding carboxylic acids is 1. The van der Waals surface area contributed by atoms with Crippen molar-refractivity contribution in [3.8, 4) is 0 Å². The van der Waals surface area contributed by atoms with Crippen LogP contribution in [0.1, 0.15) is 20.3 Å². The van der Waals surface area contributed by atoms with E-state index in [2.05, 4.69) is 13.0 Å². The molecule has 0 aromatic rings. The summed E-state index contributed by atoms with van der Waals surface area (Å²) in [7, 11) is 0. The molecule has 12 heavy (non-hydrogen) atoms. The van der Waals surface area contributed by atoms with E-state index < -0.39 is 0 Å². The number of fused-ring (bicyclic) bond motifs is 1. The molecule has 0 aromatic carbocycles. The minimum Gasteiger partial charge on any atom is -0.293 e. The molecule has 0 saturated carbocycles. The SMILES string of the molecule is CC1=CCC2SC(C)C(=O)C2=C1. The van der Waals surface area contributed by atoms with Gasteiger partial charge in [0.05, 0.1) is 5.25 Å². The van der Waals surface area contributed by atoms with Gasteiger partial charge in [-0.05, 0) is 20.3 Å². The van der Waals surface area contributed by atoms with Gasteiger partial charge in [-0.3, -0.25) is 4.79 Å². The summed E-state index contributed by atoms with van der Waals surface area (Å²) in [5.41, 5.74) is 2.29. The van der Waals surface area contributed by atoms with Crippen molar-refractivity contribution in [3.63, 3.8) is 0 Å². The fraction of sp³-hybridized carbons (Fsp3) is 0.500. The largest absolute Gasteiger partial charge is 0.293 e. The van der Waals surface area contributed by atoms with Crippen LogP contribution >= 0.6 is 11.8 Å². The lowest BCUT2D eigenvalue weighted by Crippen LogP contribution is -2.11. The van der Waals surface area contributed by atoms with E-state index in [1.165, 1.54) is 5.57 Å². The molecule has 2 unspecified atom stereocenters. The first kappa shape index (κ1) is 8.11. The van der Waals surface area contributed by atoms with Crippen molar-refractivity contribution in [1.82, 2.24) is 0 Å². The van der Waals surface area contributed by atoms with Gasteiger partial charge in [-0.1, -0.05) is 17.7 Å². The van der Waals surface area contributed by atoms with E-state index in [4.69, 9.17) is 0 Å². The number of carbonyl (C=O) groups is 1. The Morgan fingerprint density at radius 2 is 2.33 bits per heavy atom. The van der Waals surface area contributed by atoms with Crippen LogP contribution in [0.25, 0.3) is 0 Å². The van der Waals surface area contributed by atoms with Crippen molar-refractivity contribution in [2.75, 3.05) is 0 Å². The highest BCUT2D eigenvalue weighted by Gasteiger charge is 2.35. The van der Waals surface area contributed by atoms with Crippen LogP contribution in [0.5, 0.6) is 0 Å². The third-order valence-electron chi connectivity index (χ3n) is 2.41. The molecule has 1 aliphatic carbocycles. The van der Waals surface area contributed by atoms with Gasteiger partial charge in [-0.2, -0.15) is 0 Å². The molecule has 0 bridgehead atoms. The molecule has 0 spiro atoms. The molecule has 1 heterocycles. The van der Waals surface area contributed by atoms with Crippen LogP contribution in [0.4, 0.5) is 0 Å². The predicted molar refractivity (Wildman–Crippen MR) is 52.3 cm³/mol. The number of hydrogen-bond acceptors (Lipinski definition) is 2. The normalized spacial score (nSPS) is 34.3. The van der Waals surface area contributed by atoms with Gasteiger partial charge in [-0.15, -0.1) is 11.8 Å². The molecule has 1 saturated heterocycles. The third-order valence-corrected chi connectivity index (χ3v) is 3.80. The summed E-state index contributed by atoms with van der Waals surface area (Å²) in [6, 6.07) is 0. The average Bonchev–Trinajstić information content (AvgIpc) is 2.31. The molecule has 2 aliphatic rings. The van der Waals surface area contributed by atoms with Crippen molar-refractivity contribution in [2.45, 2.75) is 30.8 Å². The molecular formula is C10H12OS. The van der Waals surface area contributed by atoms with Gasteiger partial charge in [0.15, 0.2) is 5.78 Å². The zero-order valence-electron chi connectivity index (χ0n) is 7.33. The molecule has 1 fully saturated rings. The Hall–Kier alpha value is -0.500. The number of Topliss-reactive ketones (excluding diaryl/α,β-unsaturated/α-hetero) is 1. The zero-order chi connectivity index (χ0) is 8.72. The van der Waals surface area contributed by atoms with Crippen LogP contribution in [0, 0.1) is 0 Å². The van der Waals surface area contributed by atoms with Crippen molar-refractivity contribution in [1.29, 1.82) is 0 Å². The summed E-state index contributed by atoms with van der Waals surface area (Å²) < 4.78 is 0. The Balaban J connectivity index is 2.34. The first-order chi connectivity index (χ1) is 5.68. The molecule has 1 nitrogen and oxygen atoms in total. The smallest absolute Gasteiger partial charge is 0.172 e. The minimum atomic E-state index is 0.181. The van der Waals surface area contributed by atoms with Crippen LogP contribution in [-0.4, -0.2) is 16.3 Å². The maximum atomic E-state index is 11.6. The highest BCUT2D eigenvalue weighted by atomic mass is 32.2. The van der Waals surface area contributed by atoms with Crippen LogP contribution < -0.4 is 0 Å². The molecule has 2 heteroatoms. The van der Waals surface area contributed by atoms with E-state index in [0.717, 1.165) is 12.0 Å². The van der Waals surface area contributed by atoms with E-state index in [-0.39, 0.29) is 5.25 Å². The lowest BCUT2D eigenvalue weighted by molar-refractivity contribution is -0.114. The topological polar surface area (TPSA) is 17.1 Å². The first-order valence-corrected chi connectivity index (χ1v) is 5.21. The highest BCUT2D eigenvalue weighted by Crippen LogP contribution is 2.39. The second kappa shape index (κ2) is 2.77. The number of thioether (sulfide) groups is 1. The van der Waals surface area contributed by atoms with Crippen LogP contribution in [0.2, 0.25) is 0 Å². The lowest BCUT2D eigenvalue weighted by Gasteiger charge is -2.12. The Morgan fingerprint density at radius 3 is 3.08 bits per heavy atom. The summed E-state index contributed by atoms with van der Waals surface area (Å²) in [5, 5.41) is 0.636. The molecule has 64 valence electrons. The molecule has 0 radical (unpaired) electrons. The van der Waals surface area contributed by atoms with E-state index in [9.17, 15) is 4.79 Å². The molecule has 1 aliphatic heterocycles. The maximum absolute atomic E-state index is 11.6. The molecule has 2 rings (SSSR count). The number of allylic oxidation sites excluding steroid dienone is 3. The Morgan fingerprint density at radius 1 is 1.58 bits per heavy atom. The average molecular weight is 180 g/mol. The van der Waals surface area contributed by atoms with Gasteiger partial charge in [0.2, 0.25) is 0 Å². The number of ketones is 1. The minimum absolute atomic E-state index is 0.181. The molecule has 2 atom stereocenters. The standard InChI is InChI=1S/C10H12OS/c1-6-3-4-9-8(5-6)10(11)7(2)12-9/h3,5,7,9H,4H2,1-2H3. The quantitative estimate of drug-likeness (QED) is 0.569. The van der Waals surface area contributed by atoms with E-state index >= 15 is 0 Å². The van der Waals surface area contributed by atoms with Crippen molar-refractivity contribution in [2.24, 2.45) is 0 Å². The Labute approximate surface area is 76.9 Å². The molecule has 0 aromatic heterocycles. The Kier molecular flexibility index (Phi) is 1.87. The summed E-state index contributed by atoms with van der Waals surface area (Å²) in [6.07, 6.45) is 5.30. The summed E-state index contributed by atoms with van der Waals surface area (Å²) in [5.74, 6) is 0.345. The van der Waals surface area contributed by atoms with Crippen LogP contribution in [-0.2, 0) is 4.79 Å². The number of hydrogen-bond donors (Lipinski definition) is 0. The Bertz CT molecular complexity index is 288. The molecule has 0 amide bonds. The first-order valence-electron chi connectivity index (χ1n) is 4.26. The summed E-state index contributed by atoms with van der Waals surface area (Å²) in [6.45, 7) is 4.06. The van der Waals surface area contributed by atoms with Gasteiger partial charge in [-0.25, -0.2) is 0 Å². The van der Waals surface area contributed by atoms with E-state index in [1.54, 1.807) is 11.8 Å². The summed E-state index contributed by atoms with van der Waals surface area (Å²) in [4.78, 5) is 11.6. The van der Waals surface area contributed by atoms with Crippen LogP contribution in [0.3, 0.4) is 0 Å². The summed E-state index contributed by atoms with van der Waals surface area (Å²) >= 11 is 1.80. The maximum Gasteiger partial charge on any atom is 0.172 e. The fourth-order valence-electron chi connectivity index (χ4n) is 1.72. The van der Waals surface area contributed by atoms with Crippen molar-refractivity contribution < 1.29 is 4.79 Å². The van der Waals surface area contributed by atoms with Gasteiger partial charge < -0.3 is 0 Å². The van der Waals surface area contributed by atoms with Gasteiger partial charge in [0.25, 0.3) is 0 Å². The van der Waals surface area contributed by atoms with Crippen molar-refractivity contribution >= 4 is 17.5 Å². The fourth-order valence-corrected chi connectivity index (χ4v) is 3.01. The third kappa shape index (κ3) is 1.14. The van der Waals surface area contributed by atoms with Gasteiger partial charge >= 0.3 is 0 Å². The zero-order valence-corrected chi connectivity index (χ0v) is 8.15. The molecule has 0 N–H and O–H groups in total. The molecular weight excluding hydrogens is 168 g/mol. The van der Waals surface area contributed by atoms with E-state index in [1.807, 2.05) is 13.0 Å². The monoisotopic (exact) mass is 180 g/mol. The van der Waals surface area contributed by atoms with Crippen LogP contribution in [0.15, 0.2) is 23.3 Å².